The van der Waals surface area contributed by atoms with Crippen molar-refractivity contribution < 1.29 is 58.2 Å². The highest BCUT2D eigenvalue weighted by molar-refractivity contribution is 5.74. The van der Waals surface area contributed by atoms with Crippen molar-refractivity contribution in [3.05, 3.63) is 12.2 Å². The van der Waals surface area contributed by atoms with Gasteiger partial charge in [0, 0.05) is 19.3 Å². The van der Waals surface area contributed by atoms with Gasteiger partial charge in [0.15, 0.2) is 24.6 Å². The van der Waals surface area contributed by atoms with Crippen LogP contribution in [0.3, 0.4) is 0 Å². The molecule has 6 unspecified atom stereocenters. The van der Waals surface area contributed by atoms with E-state index in [1.165, 1.54) is 154 Å². The summed E-state index contributed by atoms with van der Waals surface area (Å²) in [6, 6.07) is 0. The van der Waals surface area contributed by atoms with Crippen molar-refractivity contribution in [1.29, 1.82) is 0 Å². The molecule has 71 heavy (non-hydrogen) atoms. The van der Waals surface area contributed by atoms with E-state index >= 15 is 0 Å². The van der Waals surface area contributed by atoms with E-state index < -0.39 is 67.3 Å². The summed E-state index contributed by atoms with van der Waals surface area (Å²) >= 11 is 0. The number of carbonyl (C=O) groups excluding carboxylic acids is 3. The van der Waals surface area contributed by atoms with Crippen molar-refractivity contribution >= 4 is 23.9 Å². The lowest BCUT2D eigenvalue weighted by atomic mass is 9.98. The van der Waals surface area contributed by atoms with Gasteiger partial charge in [0.2, 0.25) is 0 Å². The summed E-state index contributed by atoms with van der Waals surface area (Å²) in [5, 5.41) is 31.4. The minimum atomic E-state index is -1.90. The van der Waals surface area contributed by atoms with E-state index in [1.54, 1.807) is 0 Å². The van der Waals surface area contributed by atoms with E-state index in [4.69, 9.17) is 23.7 Å². The molecule has 0 radical (unpaired) electrons. The van der Waals surface area contributed by atoms with Gasteiger partial charge in [-0.15, -0.1) is 0 Å². The lowest BCUT2D eigenvalue weighted by Gasteiger charge is -2.40. The molecule has 0 aromatic carbocycles. The van der Waals surface area contributed by atoms with Crippen LogP contribution in [-0.4, -0.2) is 89.2 Å². The first-order valence-electron chi connectivity index (χ1n) is 29.7. The normalized spacial score (nSPS) is 18.5. The second-order valence-electron chi connectivity index (χ2n) is 20.6. The van der Waals surface area contributed by atoms with Gasteiger partial charge in [-0.3, -0.25) is 14.4 Å². The Bertz CT molecular complexity index is 1290. The summed E-state index contributed by atoms with van der Waals surface area (Å²) in [7, 11) is 0. The van der Waals surface area contributed by atoms with Crippen LogP contribution in [0.15, 0.2) is 12.2 Å². The summed E-state index contributed by atoms with van der Waals surface area (Å²) in [4.78, 5) is 51.0. The zero-order valence-electron chi connectivity index (χ0n) is 45.7. The summed E-state index contributed by atoms with van der Waals surface area (Å²) in [6.45, 7) is 6.00. The highest BCUT2D eigenvalue weighted by atomic mass is 16.7. The topological polar surface area (TPSA) is 175 Å². The summed E-state index contributed by atoms with van der Waals surface area (Å²) in [5.74, 6) is -3.09. The molecule has 1 fully saturated rings. The third-order valence-electron chi connectivity index (χ3n) is 13.8. The number of allylic oxidation sites excluding steroid dienone is 2. The highest BCUT2D eigenvalue weighted by Gasteiger charge is 2.50. The second kappa shape index (κ2) is 48.4. The molecule has 1 saturated heterocycles. The van der Waals surface area contributed by atoms with E-state index in [0.717, 1.165) is 77.0 Å². The lowest BCUT2D eigenvalue weighted by Crippen LogP contribution is -2.61. The Morgan fingerprint density at radius 2 is 0.803 bits per heavy atom. The minimum Gasteiger partial charge on any atom is -0.479 e. The molecular formula is C59H108O12. The van der Waals surface area contributed by atoms with Gasteiger partial charge in [0.05, 0.1) is 6.61 Å². The number of carboxylic acids is 1. The molecule has 0 saturated carbocycles. The first-order chi connectivity index (χ1) is 34.6. The zero-order chi connectivity index (χ0) is 51.8. The van der Waals surface area contributed by atoms with Crippen molar-refractivity contribution in [1.82, 2.24) is 0 Å². The number of hydrogen-bond acceptors (Lipinski definition) is 11. The molecule has 0 spiro atoms. The number of aliphatic hydroxyl groups is 2. The third-order valence-corrected chi connectivity index (χ3v) is 13.8. The van der Waals surface area contributed by atoms with Gasteiger partial charge in [0.25, 0.3) is 0 Å². The van der Waals surface area contributed by atoms with Gasteiger partial charge < -0.3 is 39.0 Å². The predicted octanol–water partition coefficient (Wildman–Crippen LogP) is 14.9. The Hall–Kier alpha value is -2.54. The van der Waals surface area contributed by atoms with Crippen molar-refractivity contribution in [2.45, 2.75) is 327 Å². The van der Waals surface area contributed by atoms with Crippen LogP contribution in [0.1, 0.15) is 290 Å². The molecule has 0 aromatic heterocycles. The highest BCUT2D eigenvalue weighted by Crippen LogP contribution is 2.27. The van der Waals surface area contributed by atoms with Crippen molar-refractivity contribution in [3.63, 3.8) is 0 Å². The molecule has 0 aromatic rings. The number of carbonyl (C=O) groups is 4. The predicted molar refractivity (Wildman–Crippen MR) is 285 cm³/mol. The molecule has 1 aliphatic rings. The maximum absolute atomic E-state index is 13.1. The Kier molecular flexibility index (Phi) is 45.3. The molecule has 3 N–H and O–H groups in total. The fraction of sp³-hybridized carbons (Fsp3) is 0.898. The van der Waals surface area contributed by atoms with Crippen LogP contribution in [0, 0.1) is 0 Å². The summed E-state index contributed by atoms with van der Waals surface area (Å²) in [6.07, 6.45) is 40.4. The molecule has 0 amide bonds. The van der Waals surface area contributed by atoms with Crippen molar-refractivity contribution in [2.75, 3.05) is 13.2 Å². The fourth-order valence-electron chi connectivity index (χ4n) is 9.25. The van der Waals surface area contributed by atoms with E-state index in [-0.39, 0.29) is 25.9 Å². The molecule has 0 bridgehead atoms. The molecule has 1 aliphatic heterocycles. The average Bonchev–Trinajstić information content (AvgIpc) is 3.35. The number of aliphatic hydroxyl groups excluding tert-OH is 2. The van der Waals surface area contributed by atoms with Crippen LogP contribution in [0.2, 0.25) is 0 Å². The molecule has 1 heterocycles. The first-order valence-corrected chi connectivity index (χ1v) is 29.7. The van der Waals surface area contributed by atoms with E-state index in [0.29, 0.717) is 19.3 Å². The SMILES string of the molecule is CCCCCCCC/C=C\CCCCCCCC(=O)OC1C(OCC(COC(=O)CCCCCCCCCCCCCCCCC)OC(=O)CCCCCCCCCCCCC)OC(C(=O)O)C(O)C1O. The van der Waals surface area contributed by atoms with Crippen molar-refractivity contribution in [3.8, 4) is 0 Å². The van der Waals surface area contributed by atoms with Crippen LogP contribution in [0.4, 0.5) is 0 Å². The smallest absolute Gasteiger partial charge is 0.335 e. The molecule has 6 atom stereocenters. The van der Waals surface area contributed by atoms with Crippen molar-refractivity contribution in [2.24, 2.45) is 0 Å². The van der Waals surface area contributed by atoms with E-state index in [9.17, 15) is 34.5 Å². The zero-order valence-corrected chi connectivity index (χ0v) is 45.7. The molecule has 0 aliphatic carbocycles. The Balaban J connectivity index is 2.67. The third kappa shape index (κ3) is 38.7. The Morgan fingerprint density at radius 1 is 0.451 bits per heavy atom. The van der Waals surface area contributed by atoms with Crippen LogP contribution in [0.25, 0.3) is 0 Å². The molecular weight excluding hydrogens is 901 g/mol. The van der Waals surface area contributed by atoms with Gasteiger partial charge in [-0.1, -0.05) is 238 Å². The summed E-state index contributed by atoms with van der Waals surface area (Å²) in [5.41, 5.74) is 0. The quantitative estimate of drug-likeness (QED) is 0.0228. The number of carboxylic acid groups (broad SMARTS) is 1. The van der Waals surface area contributed by atoms with E-state index in [2.05, 4.69) is 32.9 Å². The van der Waals surface area contributed by atoms with Crippen LogP contribution < -0.4 is 0 Å². The lowest BCUT2D eigenvalue weighted by molar-refractivity contribution is -0.301. The largest absolute Gasteiger partial charge is 0.479 e. The standard InChI is InChI=1S/C59H108O12/c1-4-7-10-13-16-19-22-24-26-28-31-33-36-39-42-45-51(60)67-48-50(69-52(61)46-43-40-37-34-30-21-18-15-12-9-6-3)49-68-59-57(55(64)54(63)56(71-59)58(65)66)70-53(62)47-44-41-38-35-32-29-27-25-23-20-17-14-11-8-5-2/h25,27,50,54-57,59,63-64H,4-24,26,28-49H2,1-3H3,(H,65,66)/b27-25-. The number of unbranched alkanes of at least 4 members (excludes halogenated alkanes) is 35. The maximum atomic E-state index is 13.1. The minimum absolute atomic E-state index is 0.0567. The van der Waals surface area contributed by atoms with Gasteiger partial charge >= 0.3 is 23.9 Å². The van der Waals surface area contributed by atoms with Gasteiger partial charge in [-0.05, 0) is 44.9 Å². The van der Waals surface area contributed by atoms with Crippen LogP contribution in [0.5, 0.6) is 0 Å². The number of esters is 3. The first kappa shape index (κ1) is 66.5. The second-order valence-corrected chi connectivity index (χ2v) is 20.6. The maximum Gasteiger partial charge on any atom is 0.335 e. The monoisotopic (exact) mass is 1010 g/mol. The fourth-order valence-corrected chi connectivity index (χ4v) is 9.25. The van der Waals surface area contributed by atoms with Crippen LogP contribution >= 0.6 is 0 Å². The van der Waals surface area contributed by atoms with E-state index in [1.807, 2.05) is 0 Å². The molecule has 12 heteroatoms. The Morgan fingerprint density at radius 3 is 1.20 bits per heavy atom. The number of hydrogen-bond donors (Lipinski definition) is 3. The number of aliphatic carboxylic acids is 1. The van der Waals surface area contributed by atoms with Gasteiger partial charge in [-0.2, -0.15) is 0 Å². The van der Waals surface area contributed by atoms with Gasteiger partial charge in [-0.25, -0.2) is 4.79 Å². The summed E-state index contributed by atoms with van der Waals surface area (Å²) < 4.78 is 28.4. The number of ether oxygens (including phenoxy) is 5. The number of rotatable bonds is 51. The van der Waals surface area contributed by atoms with Crippen LogP contribution in [-0.2, 0) is 42.9 Å². The molecule has 1 rings (SSSR count). The van der Waals surface area contributed by atoms with Gasteiger partial charge in [0.1, 0.15) is 18.8 Å². The Labute approximate surface area is 433 Å². The average molecular weight is 1010 g/mol. The molecule has 416 valence electrons. The molecule has 12 nitrogen and oxygen atoms in total.